The summed E-state index contributed by atoms with van der Waals surface area (Å²) in [6.45, 7) is 5.36. The summed E-state index contributed by atoms with van der Waals surface area (Å²) >= 11 is 1.19. The SMILES string of the molecule is O=[N+]([O-])c1cc(CNCCCN2CCCC2)cs1. The molecule has 0 aromatic carbocycles. The molecule has 2 heterocycles. The maximum Gasteiger partial charge on any atom is 0.324 e. The van der Waals surface area contributed by atoms with Crippen LogP contribution in [0.1, 0.15) is 24.8 Å². The lowest BCUT2D eigenvalue weighted by Gasteiger charge is -2.14. The van der Waals surface area contributed by atoms with Gasteiger partial charge in [-0.3, -0.25) is 10.1 Å². The standard InChI is InChI=1S/C12H19N3O2S/c16-15(17)12-8-11(10-18-12)9-13-4-3-7-14-5-1-2-6-14/h8,10,13H,1-7,9H2. The summed E-state index contributed by atoms with van der Waals surface area (Å²) in [5.74, 6) is 0. The first-order valence-corrected chi connectivity index (χ1v) is 7.28. The summed E-state index contributed by atoms with van der Waals surface area (Å²) in [5.41, 5.74) is 1.01. The molecule has 1 saturated heterocycles. The molecule has 0 atom stereocenters. The Hall–Kier alpha value is -0.980. The third kappa shape index (κ3) is 4.04. The van der Waals surface area contributed by atoms with Crippen molar-refractivity contribution in [3.8, 4) is 0 Å². The minimum atomic E-state index is -0.332. The van der Waals surface area contributed by atoms with Gasteiger partial charge in [0.05, 0.1) is 4.92 Å². The third-order valence-electron chi connectivity index (χ3n) is 3.18. The summed E-state index contributed by atoms with van der Waals surface area (Å²) < 4.78 is 0. The Kier molecular flexibility index (Phi) is 5.10. The van der Waals surface area contributed by atoms with E-state index in [0.29, 0.717) is 0 Å². The first-order chi connectivity index (χ1) is 8.75. The van der Waals surface area contributed by atoms with Crippen LogP contribution in [-0.2, 0) is 6.54 Å². The van der Waals surface area contributed by atoms with Crippen LogP contribution in [0.15, 0.2) is 11.4 Å². The fraction of sp³-hybridized carbons (Fsp3) is 0.667. The first-order valence-electron chi connectivity index (χ1n) is 6.40. The molecule has 1 aromatic rings. The first kappa shape index (κ1) is 13.5. The van der Waals surface area contributed by atoms with E-state index in [4.69, 9.17) is 0 Å². The molecule has 1 fully saturated rings. The molecule has 0 radical (unpaired) electrons. The van der Waals surface area contributed by atoms with E-state index in [0.717, 1.165) is 31.6 Å². The Balaban J connectivity index is 1.58. The summed E-state index contributed by atoms with van der Waals surface area (Å²) in [5, 5.41) is 15.9. The van der Waals surface area contributed by atoms with Crippen molar-refractivity contribution in [2.24, 2.45) is 0 Å². The van der Waals surface area contributed by atoms with Crippen molar-refractivity contribution in [1.82, 2.24) is 10.2 Å². The Morgan fingerprint density at radius 2 is 2.22 bits per heavy atom. The largest absolute Gasteiger partial charge is 0.324 e. The van der Waals surface area contributed by atoms with Crippen molar-refractivity contribution in [3.63, 3.8) is 0 Å². The average Bonchev–Trinajstić information content (AvgIpc) is 2.98. The van der Waals surface area contributed by atoms with Crippen LogP contribution in [0.3, 0.4) is 0 Å². The zero-order valence-electron chi connectivity index (χ0n) is 10.4. The van der Waals surface area contributed by atoms with Gasteiger partial charge in [0.2, 0.25) is 0 Å². The van der Waals surface area contributed by atoms with Gasteiger partial charge < -0.3 is 10.2 Å². The second-order valence-electron chi connectivity index (χ2n) is 4.63. The highest BCUT2D eigenvalue weighted by Crippen LogP contribution is 2.22. The Morgan fingerprint density at radius 3 is 2.89 bits per heavy atom. The number of nitro groups is 1. The van der Waals surface area contributed by atoms with Gasteiger partial charge >= 0.3 is 5.00 Å². The number of rotatable bonds is 7. The molecule has 0 amide bonds. The smallest absolute Gasteiger partial charge is 0.313 e. The molecule has 18 heavy (non-hydrogen) atoms. The average molecular weight is 269 g/mol. The molecule has 1 aliphatic rings. The molecule has 0 bridgehead atoms. The predicted molar refractivity (Wildman–Crippen MR) is 73.0 cm³/mol. The fourth-order valence-electron chi connectivity index (χ4n) is 2.22. The number of likely N-dealkylation sites (tertiary alicyclic amines) is 1. The molecule has 2 rings (SSSR count). The highest BCUT2D eigenvalue weighted by atomic mass is 32.1. The van der Waals surface area contributed by atoms with Gasteiger partial charge in [-0.2, -0.15) is 0 Å². The molecular weight excluding hydrogens is 250 g/mol. The van der Waals surface area contributed by atoms with E-state index in [9.17, 15) is 10.1 Å². The van der Waals surface area contributed by atoms with Gasteiger partial charge in [0.15, 0.2) is 0 Å². The van der Waals surface area contributed by atoms with Crippen molar-refractivity contribution in [2.45, 2.75) is 25.8 Å². The lowest BCUT2D eigenvalue weighted by atomic mass is 10.3. The van der Waals surface area contributed by atoms with Crippen LogP contribution in [0, 0.1) is 10.1 Å². The Bertz CT molecular complexity index is 388. The summed E-state index contributed by atoms with van der Waals surface area (Å²) in [6, 6.07) is 1.65. The van der Waals surface area contributed by atoms with Gasteiger partial charge in [-0.05, 0) is 51.0 Å². The second kappa shape index (κ2) is 6.82. The normalized spacial score (nSPS) is 16.2. The topological polar surface area (TPSA) is 58.4 Å². The van der Waals surface area contributed by atoms with E-state index in [1.165, 1.54) is 37.3 Å². The molecular formula is C12H19N3O2S. The molecule has 1 N–H and O–H groups in total. The maximum absolute atomic E-state index is 10.5. The molecule has 1 aliphatic heterocycles. The molecule has 1 aromatic heterocycles. The molecule has 0 spiro atoms. The molecule has 0 saturated carbocycles. The monoisotopic (exact) mass is 269 g/mol. The number of nitrogens with one attached hydrogen (secondary N) is 1. The fourth-order valence-corrected chi connectivity index (χ4v) is 2.95. The third-order valence-corrected chi connectivity index (χ3v) is 4.10. The number of nitrogens with zero attached hydrogens (tertiary/aromatic N) is 2. The van der Waals surface area contributed by atoms with E-state index in [1.54, 1.807) is 6.07 Å². The van der Waals surface area contributed by atoms with E-state index in [1.807, 2.05) is 5.38 Å². The van der Waals surface area contributed by atoms with Gasteiger partial charge in [-0.15, -0.1) is 0 Å². The van der Waals surface area contributed by atoms with Crippen LogP contribution in [0.2, 0.25) is 0 Å². The minimum absolute atomic E-state index is 0.226. The van der Waals surface area contributed by atoms with Gasteiger partial charge in [0.25, 0.3) is 0 Å². The Labute approximate surface area is 111 Å². The summed E-state index contributed by atoms with van der Waals surface area (Å²) in [6.07, 6.45) is 3.82. The molecule has 100 valence electrons. The second-order valence-corrected chi connectivity index (χ2v) is 5.52. The van der Waals surface area contributed by atoms with Crippen LogP contribution >= 0.6 is 11.3 Å². The van der Waals surface area contributed by atoms with Crippen LogP contribution in [0.5, 0.6) is 0 Å². The van der Waals surface area contributed by atoms with E-state index in [2.05, 4.69) is 10.2 Å². The van der Waals surface area contributed by atoms with Crippen LogP contribution in [0.4, 0.5) is 5.00 Å². The highest BCUT2D eigenvalue weighted by molar-refractivity contribution is 7.13. The van der Waals surface area contributed by atoms with Gasteiger partial charge in [0.1, 0.15) is 0 Å². The van der Waals surface area contributed by atoms with Gasteiger partial charge in [-0.25, -0.2) is 0 Å². The number of thiophene rings is 1. The minimum Gasteiger partial charge on any atom is -0.313 e. The number of hydrogen-bond acceptors (Lipinski definition) is 5. The lowest BCUT2D eigenvalue weighted by molar-refractivity contribution is -0.380. The van der Waals surface area contributed by atoms with Gasteiger partial charge in [0, 0.05) is 18.0 Å². The Morgan fingerprint density at radius 1 is 1.44 bits per heavy atom. The predicted octanol–water partition coefficient (Wildman–Crippen LogP) is 2.23. The molecule has 6 heteroatoms. The van der Waals surface area contributed by atoms with E-state index >= 15 is 0 Å². The summed E-state index contributed by atoms with van der Waals surface area (Å²) in [4.78, 5) is 12.7. The van der Waals surface area contributed by atoms with Crippen LogP contribution < -0.4 is 5.32 Å². The molecule has 0 unspecified atom stereocenters. The maximum atomic E-state index is 10.5. The summed E-state index contributed by atoms with van der Waals surface area (Å²) in [7, 11) is 0. The van der Waals surface area contributed by atoms with Crippen LogP contribution in [-0.4, -0.2) is 36.0 Å². The van der Waals surface area contributed by atoms with Crippen molar-refractivity contribution >= 4 is 16.3 Å². The van der Waals surface area contributed by atoms with Crippen LogP contribution in [0.25, 0.3) is 0 Å². The van der Waals surface area contributed by atoms with Crippen molar-refractivity contribution in [3.05, 3.63) is 27.1 Å². The number of hydrogen-bond donors (Lipinski definition) is 1. The zero-order valence-corrected chi connectivity index (χ0v) is 11.2. The lowest BCUT2D eigenvalue weighted by Crippen LogP contribution is -2.24. The van der Waals surface area contributed by atoms with Crippen molar-refractivity contribution in [1.29, 1.82) is 0 Å². The molecule has 0 aliphatic carbocycles. The van der Waals surface area contributed by atoms with E-state index in [-0.39, 0.29) is 9.92 Å². The molecule has 5 nitrogen and oxygen atoms in total. The van der Waals surface area contributed by atoms with Crippen molar-refractivity contribution < 1.29 is 4.92 Å². The van der Waals surface area contributed by atoms with Gasteiger partial charge in [-0.1, -0.05) is 11.3 Å². The zero-order chi connectivity index (χ0) is 12.8. The van der Waals surface area contributed by atoms with E-state index < -0.39 is 0 Å². The highest BCUT2D eigenvalue weighted by Gasteiger charge is 2.11. The quantitative estimate of drug-likeness (QED) is 0.468. The van der Waals surface area contributed by atoms with Crippen molar-refractivity contribution in [2.75, 3.05) is 26.2 Å².